The molecule has 196 valence electrons. The lowest BCUT2D eigenvalue weighted by molar-refractivity contribution is -0.00346. The number of hydrogen-bond acceptors (Lipinski definition) is 8. The summed E-state index contributed by atoms with van der Waals surface area (Å²) >= 11 is 1.15. The lowest BCUT2D eigenvalue weighted by Crippen LogP contribution is -2.46. The van der Waals surface area contributed by atoms with Gasteiger partial charge in [-0.25, -0.2) is 18.7 Å². The second-order valence-electron chi connectivity index (χ2n) is 10.6. The Morgan fingerprint density at radius 2 is 2.14 bits per heavy atom. The van der Waals surface area contributed by atoms with E-state index in [4.69, 9.17) is 21.2 Å². The first-order valence-electron chi connectivity index (χ1n) is 12.7. The highest BCUT2D eigenvalue weighted by Gasteiger charge is 2.47. The van der Waals surface area contributed by atoms with Crippen LogP contribution in [-0.4, -0.2) is 54.3 Å². The number of hydrogen-bond donors (Lipinski definition) is 3. The zero-order chi connectivity index (χ0) is 25.9. The van der Waals surface area contributed by atoms with Gasteiger partial charge in [0.05, 0.1) is 18.0 Å². The molecule has 3 atom stereocenters. The highest BCUT2D eigenvalue weighted by atomic mass is 32.1. The molecule has 1 aliphatic carbocycles. The zero-order valence-electron chi connectivity index (χ0n) is 20.7. The zero-order valence-corrected chi connectivity index (χ0v) is 21.5. The number of rotatable bonds is 3. The van der Waals surface area contributed by atoms with Gasteiger partial charge in [0.2, 0.25) is 0 Å². The normalized spacial score (nSPS) is 25.6. The maximum Gasteiger partial charge on any atom is 0.263 e. The molecular formula is C26H30F2N6O2S. The van der Waals surface area contributed by atoms with Crippen LogP contribution in [0.15, 0.2) is 12.1 Å². The molecule has 0 bridgehead atoms. The molecule has 3 aromatic heterocycles. The summed E-state index contributed by atoms with van der Waals surface area (Å²) in [6.45, 7) is 4.13. The van der Waals surface area contributed by atoms with Crippen molar-refractivity contribution in [3.8, 4) is 0 Å². The molecular weight excluding hydrogens is 498 g/mol. The monoisotopic (exact) mass is 528 g/mol. The van der Waals surface area contributed by atoms with Crippen molar-refractivity contribution in [2.45, 2.75) is 51.1 Å². The van der Waals surface area contributed by atoms with Crippen LogP contribution in [0.5, 0.6) is 0 Å². The van der Waals surface area contributed by atoms with E-state index in [9.17, 15) is 9.18 Å². The van der Waals surface area contributed by atoms with Gasteiger partial charge in [0, 0.05) is 48.3 Å². The Balaban J connectivity index is 1.17. The lowest BCUT2D eigenvalue weighted by atomic mass is 9.79. The van der Waals surface area contributed by atoms with Crippen LogP contribution in [0.3, 0.4) is 0 Å². The number of ether oxygens (including phenoxy) is 1. The molecule has 5 N–H and O–H groups in total. The highest BCUT2D eigenvalue weighted by Crippen LogP contribution is 2.40. The summed E-state index contributed by atoms with van der Waals surface area (Å²) in [6.07, 6.45) is 3.71. The molecule has 11 heteroatoms. The SMILES string of the molecule is Cc1nc2sc(C(=O)NC3CCc4nc(N5CC(N)C6(CCCOC6)C5)c(F)cc4C3)c(N)c2cc1F. The first-order valence-corrected chi connectivity index (χ1v) is 13.5. The van der Waals surface area contributed by atoms with Gasteiger partial charge >= 0.3 is 0 Å². The van der Waals surface area contributed by atoms with Gasteiger partial charge in [-0.15, -0.1) is 11.3 Å². The van der Waals surface area contributed by atoms with Crippen molar-refractivity contribution in [1.29, 1.82) is 0 Å². The average Bonchev–Trinajstić information content (AvgIpc) is 3.35. The van der Waals surface area contributed by atoms with E-state index in [1.165, 1.54) is 6.07 Å². The largest absolute Gasteiger partial charge is 0.397 e. The molecule has 1 spiro atoms. The third-order valence-corrected chi connectivity index (χ3v) is 9.19. The van der Waals surface area contributed by atoms with Crippen LogP contribution in [0.25, 0.3) is 10.2 Å². The van der Waals surface area contributed by atoms with Crippen LogP contribution in [0.1, 0.15) is 45.9 Å². The standard InChI is InChI=1S/C26H30F2N6O2S/c1-13-17(27)9-16-21(30)22(37-25(16)31-13)24(35)32-15-3-4-19-14(7-15)8-18(28)23(33-19)34-10-20(29)26(11-34)5-2-6-36-12-26/h8-9,15,20H,2-7,10-12,29-30H2,1H3,(H,32,35). The number of anilines is 2. The highest BCUT2D eigenvalue weighted by molar-refractivity contribution is 7.21. The van der Waals surface area contributed by atoms with Gasteiger partial charge in [0.25, 0.3) is 5.91 Å². The Morgan fingerprint density at radius 1 is 1.30 bits per heavy atom. The number of aromatic nitrogens is 2. The summed E-state index contributed by atoms with van der Waals surface area (Å²) in [7, 11) is 0. The second kappa shape index (κ2) is 9.14. The van der Waals surface area contributed by atoms with Crippen molar-refractivity contribution in [3.63, 3.8) is 0 Å². The van der Waals surface area contributed by atoms with E-state index >= 15 is 4.39 Å². The number of thiophene rings is 1. The summed E-state index contributed by atoms with van der Waals surface area (Å²) in [5.74, 6) is -0.806. The summed E-state index contributed by atoms with van der Waals surface area (Å²) in [5, 5.41) is 3.46. The van der Waals surface area contributed by atoms with Gasteiger partial charge < -0.3 is 26.4 Å². The molecule has 8 nitrogen and oxygen atoms in total. The van der Waals surface area contributed by atoms with Crippen molar-refractivity contribution in [2.75, 3.05) is 36.9 Å². The molecule has 2 fully saturated rings. The first-order chi connectivity index (χ1) is 17.7. The van der Waals surface area contributed by atoms with E-state index in [0.29, 0.717) is 59.9 Å². The summed E-state index contributed by atoms with van der Waals surface area (Å²) < 4.78 is 35.0. The smallest absolute Gasteiger partial charge is 0.263 e. The molecule has 1 amide bonds. The van der Waals surface area contributed by atoms with Crippen molar-refractivity contribution >= 4 is 39.0 Å². The number of carbonyl (C=O) groups excluding carboxylic acids is 1. The van der Waals surface area contributed by atoms with E-state index in [2.05, 4.69) is 10.3 Å². The molecule has 6 rings (SSSR count). The van der Waals surface area contributed by atoms with E-state index in [-0.39, 0.29) is 40.6 Å². The lowest BCUT2D eigenvalue weighted by Gasteiger charge is -2.36. The number of nitrogens with zero attached hydrogens (tertiary/aromatic N) is 3. The van der Waals surface area contributed by atoms with E-state index in [1.54, 1.807) is 13.0 Å². The second-order valence-corrected chi connectivity index (χ2v) is 11.6. The van der Waals surface area contributed by atoms with E-state index in [1.807, 2.05) is 4.90 Å². The first kappa shape index (κ1) is 24.4. The minimum Gasteiger partial charge on any atom is -0.397 e. The number of fused-ring (bicyclic) bond motifs is 2. The average molecular weight is 529 g/mol. The van der Waals surface area contributed by atoms with Gasteiger partial charge in [0.15, 0.2) is 11.6 Å². The number of aryl methyl sites for hydroxylation is 2. The van der Waals surface area contributed by atoms with Gasteiger partial charge in [-0.3, -0.25) is 4.79 Å². The van der Waals surface area contributed by atoms with Crippen LogP contribution in [0, 0.1) is 24.0 Å². The number of carbonyl (C=O) groups is 1. The number of halogens is 2. The summed E-state index contributed by atoms with van der Waals surface area (Å²) in [5.41, 5.74) is 14.6. The van der Waals surface area contributed by atoms with Gasteiger partial charge in [-0.2, -0.15) is 0 Å². The van der Waals surface area contributed by atoms with Crippen molar-refractivity contribution < 1.29 is 18.3 Å². The molecule has 0 saturated carbocycles. The molecule has 0 aromatic carbocycles. The van der Waals surface area contributed by atoms with Crippen LogP contribution in [0.4, 0.5) is 20.3 Å². The molecule has 0 radical (unpaired) electrons. The fourth-order valence-corrected chi connectivity index (χ4v) is 6.97. The maximum atomic E-state index is 15.3. The Hall–Kier alpha value is -2.89. The Morgan fingerprint density at radius 3 is 2.92 bits per heavy atom. The molecule has 5 heterocycles. The predicted octanol–water partition coefficient (Wildman–Crippen LogP) is 3.09. The maximum absolute atomic E-state index is 15.3. The number of amides is 1. The Kier molecular flexibility index (Phi) is 6.04. The quantitative estimate of drug-likeness (QED) is 0.478. The number of pyridine rings is 2. The fraction of sp³-hybridized carbons (Fsp3) is 0.500. The predicted molar refractivity (Wildman–Crippen MR) is 139 cm³/mol. The number of nitrogens with two attached hydrogens (primary N) is 2. The van der Waals surface area contributed by atoms with Crippen LogP contribution < -0.4 is 21.7 Å². The number of nitrogen functional groups attached to an aromatic ring is 1. The summed E-state index contributed by atoms with van der Waals surface area (Å²) in [4.78, 5) is 24.8. The molecule has 3 aromatic rings. The molecule has 3 unspecified atom stereocenters. The van der Waals surface area contributed by atoms with Gasteiger partial charge in [-0.05, 0) is 56.7 Å². The fourth-order valence-electron chi connectivity index (χ4n) is 5.94. The van der Waals surface area contributed by atoms with E-state index in [0.717, 1.165) is 42.0 Å². The Bertz CT molecular complexity index is 1390. The molecule has 37 heavy (non-hydrogen) atoms. The van der Waals surface area contributed by atoms with Gasteiger partial charge in [0.1, 0.15) is 15.5 Å². The van der Waals surface area contributed by atoms with E-state index < -0.39 is 5.82 Å². The van der Waals surface area contributed by atoms with Crippen molar-refractivity contribution in [1.82, 2.24) is 15.3 Å². The molecule has 2 aliphatic heterocycles. The minimum absolute atomic E-state index is 0.0819. The minimum atomic E-state index is -0.458. The summed E-state index contributed by atoms with van der Waals surface area (Å²) in [6, 6.07) is 2.60. The molecule has 3 aliphatic rings. The van der Waals surface area contributed by atoms with Crippen LogP contribution in [-0.2, 0) is 17.6 Å². The van der Waals surface area contributed by atoms with Crippen LogP contribution in [0.2, 0.25) is 0 Å². The Labute approximate surface area is 217 Å². The van der Waals surface area contributed by atoms with Crippen molar-refractivity contribution in [2.24, 2.45) is 11.1 Å². The third kappa shape index (κ3) is 4.22. The topological polar surface area (TPSA) is 119 Å². The van der Waals surface area contributed by atoms with Crippen molar-refractivity contribution in [3.05, 3.63) is 45.6 Å². The molecule has 2 saturated heterocycles. The van der Waals surface area contributed by atoms with Gasteiger partial charge in [-0.1, -0.05) is 0 Å². The van der Waals surface area contributed by atoms with Crippen LogP contribution >= 0.6 is 11.3 Å². The number of nitrogens with one attached hydrogen (secondary N) is 1. The third-order valence-electron chi connectivity index (χ3n) is 8.08.